The number of aliphatic hydroxyl groups is 1. The molecular formula is C7H14O3. The molecule has 2 atom stereocenters. The predicted octanol–water partition coefficient (Wildman–Crippen LogP) is 0.566. The second-order valence-electron chi connectivity index (χ2n) is 2.28. The Kier molecular flexibility index (Phi) is 4.03. The van der Waals surface area contributed by atoms with Gasteiger partial charge in [-0.15, -0.1) is 0 Å². The highest BCUT2D eigenvalue weighted by Gasteiger charge is 2.18. The normalized spacial score (nSPS) is 16.0. The van der Waals surface area contributed by atoms with E-state index in [9.17, 15) is 4.79 Å². The minimum absolute atomic E-state index is 0.336. The maximum atomic E-state index is 10.8. The van der Waals surface area contributed by atoms with Crippen molar-refractivity contribution in [3.05, 3.63) is 0 Å². The third-order valence-electron chi connectivity index (χ3n) is 1.38. The van der Waals surface area contributed by atoms with Crippen molar-refractivity contribution in [2.24, 2.45) is 5.92 Å². The van der Waals surface area contributed by atoms with Crippen LogP contribution in [0.4, 0.5) is 0 Å². The lowest BCUT2D eigenvalue weighted by Crippen LogP contribution is -2.24. The van der Waals surface area contributed by atoms with Crippen LogP contribution < -0.4 is 0 Å². The number of hydrogen-bond donors (Lipinski definition) is 1. The summed E-state index contributed by atoms with van der Waals surface area (Å²) in [7, 11) is 0. The molecular weight excluding hydrogens is 132 g/mol. The van der Waals surface area contributed by atoms with Crippen molar-refractivity contribution < 1.29 is 14.6 Å². The van der Waals surface area contributed by atoms with Crippen LogP contribution in [-0.2, 0) is 9.53 Å². The maximum absolute atomic E-state index is 10.8. The van der Waals surface area contributed by atoms with Crippen LogP contribution in [0.2, 0.25) is 0 Å². The van der Waals surface area contributed by atoms with Crippen LogP contribution in [-0.4, -0.2) is 23.8 Å². The summed E-state index contributed by atoms with van der Waals surface area (Å²) in [6.07, 6.45) is -0.626. The van der Waals surface area contributed by atoms with E-state index in [0.717, 1.165) is 0 Å². The van der Waals surface area contributed by atoms with Crippen molar-refractivity contribution in [3.63, 3.8) is 0 Å². The zero-order valence-corrected chi connectivity index (χ0v) is 6.63. The van der Waals surface area contributed by atoms with Crippen molar-refractivity contribution >= 4 is 5.97 Å². The van der Waals surface area contributed by atoms with Crippen molar-refractivity contribution in [1.29, 1.82) is 0 Å². The van der Waals surface area contributed by atoms with Gasteiger partial charge in [0.2, 0.25) is 0 Å². The van der Waals surface area contributed by atoms with Crippen LogP contribution in [0.25, 0.3) is 0 Å². The quantitative estimate of drug-likeness (QED) is 0.592. The van der Waals surface area contributed by atoms with Crippen LogP contribution in [0, 0.1) is 5.92 Å². The number of aliphatic hydroxyl groups excluding tert-OH is 1. The van der Waals surface area contributed by atoms with Crippen LogP contribution in [0.1, 0.15) is 20.8 Å². The molecule has 0 aliphatic heterocycles. The number of carbonyl (C=O) groups excluding carboxylic acids is 1. The number of hydrogen-bond acceptors (Lipinski definition) is 3. The lowest BCUT2D eigenvalue weighted by Gasteiger charge is -2.11. The topological polar surface area (TPSA) is 46.5 Å². The molecule has 0 heterocycles. The second-order valence-corrected chi connectivity index (χ2v) is 2.28. The number of esters is 1. The highest BCUT2D eigenvalue weighted by Crippen LogP contribution is 2.03. The third-order valence-corrected chi connectivity index (χ3v) is 1.38. The van der Waals surface area contributed by atoms with Gasteiger partial charge in [-0.25, -0.2) is 0 Å². The molecule has 0 saturated carbocycles. The number of carbonyl (C=O) groups is 1. The fourth-order valence-electron chi connectivity index (χ4n) is 0.471. The molecule has 0 spiro atoms. The van der Waals surface area contributed by atoms with E-state index in [-0.39, 0.29) is 5.97 Å². The van der Waals surface area contributed by atoms with Gasteiger partial charge in [0.1, 0.15) is 0 Å². The molecule has 0 radical (unpaired) electrons. The zero-order chi connectivity index (χ0) is 8.15. The van der Waals surface area contributed by atoms with E-state index in [1.807, 2.05) is 0 Å². The Balaban J connectivity index is 3.71. The summed E-state index contributed by atoms with van der Waals surface area (Å²) in [5.41, 5.74) is 0. The molecule has 3 heteroatoms. The Bertz CT molecular complexity index is 109. The van der Waals surface area contributed by atoms with E-state index in [1.54, 1.807) is 20.8 Å². The summed E-state index contributed by atoms with van der Waals surface area (Å²) < 4.78 is 4.67. The van der Waals surface area contributed by atoms with Gasteiger partial charge in [-0.05, 0) is 20.8 Å². The summed E-state index contributed by atoms with van der Waals surface area (Å²) in [5, 5.41) is 8.92. The Morgan fingerprint density at radius 2 is 2.10 bits per heavy atom. The predicted molar refractivity (Wildman–Crippen MR) is 37.5 cm³/mol. The Morgan fingerprint density at radius 1 is 1.60 bits per heavy atom. The minimum atomic E-state index is -0.626. The summed E-state index contributed by atoms with van der Waals surface area (Å²) in [5.74, 6) is -0.752. The summed E-state index contributed by atoms with van der Waals surface area (Å²) in [4.78, 5) is 10.8. The van der Waals surface area contributed by atoms with Gasteiger partial charge >= 0.3 is 5.97 Å². The molecule has 0 saturated heterocycles. The van der Waals surface area contributed by atoms with Gasteiger partial charge in [0, 0.05) is 0 Å². The number of ether oxygens (including phenoxy) is 1. The average molecular weight is 146 g/mol. The van der Waals surface area contributed by atoms with Crippen molar-refractivity contribution in [2.45, 2.75) is 26.9 Å². The first-order valence-corrected chi connectivity index (χ1v) is 3.44. The van der Waals surface area contributed by atoms with E-state index in [4.69, 9.17) is 5.11 Å². The molecule has 0 fully saturated rings. The van der Waals surface area contributed by atoms with E-state index < -0.39 is 12.0 Å². The highest BCUT2D eigenvalue weighted by molar-refractivity contribution is 5.72. The van der Waals surface area contributed by atoms with E-state index in [0.29, 0.717) is 6.61 Å². The highest BCUT2D eigenvalue weighted by atomic mass is 16.5. The molecule has 3 nitrogen and oxygen atoms in total. The van der Waals surface area contributed by atoms with Crippen LogP contribution >= 0.6 is 0 Å². The van der Waals surface area contributed by atoms with E-state index in [1.165, 1.54) is 0 Å². The fraction of sp³-hybridized carbons (Fsp3) is 0.857. The van der Waals surface area contributed by atoms with Crippen LogP contribution in [0.15, 0.2) is 0 Å². The van der Waals surface area contributed by atoms with E-state index >= 15 is 0 Å². The molecule has 1 unspecified atom stereocenters. The van der Waals surface area contributed by atoms with Crippen molar-refractivity contribution in [1.82, 2.24) is 0 Å². The molecule has 0 bridgehead atoms. The molecule has 60 valence electrons. The fourth-order valence-corrected chi connectivity index (χ4v) is 0.471. The Hall–Kier alpha value is -0.570. The van der Waals surface area contributed by atoms with Crippen molar-refractivity contribution in [2.75, 3.05) is 6.61 Å². The number of rotatable bonds is 3. The van der Waals surface area contributed by atoms with Gasteiger partial charge in [-0.3, -0.25) is 4.79 Å². The van der Waals surface area contributed by atoms with Crippen molar-refractivity contribution in [3.8, 4) is 0 Å². The lowest BCUT2D eigenvalue weighted by atomic mass is 10.1. The molecule has 0 aliphatic rings. The van der Waals surface area contributed by atoms with Crippen LogP contribution in [0.5, 0.6) is 0 Å². The summed E-state index contributed by atoms with van der Waals surface area (Å²) in [6.45, 7) is 5.33. The SMILES string of the molecule is CCOC(=O)[C@H](C)C(C)O. The Morgan fingerprint density at radius 3 is 2.40 bits per heavy atom. The average Bonchev–Trinajstić information content (AvgIpc) is 1.87. The maximum Gasteiger partial charge on any atom is 0.311 e. The smallest absolute Gasteiger partial charge is 0.311 e. The third kappa shape index (κ3) is 2.82. The molecule has 0 amide bonds. The minimum Gasteiger partial charge on any atom is -0.466 e. The van der Waals surface area contributed by atoms with Gasteiger partial charge in [-0.2, -0.15) is 0 Å². The first-order chi connectivity index (χ1) is 4.59. The van der Waals surface area contributed by atoms with Gasteiger partial charge in [-0.1, -0.05) is 0 Å². The molecule has 1 N–H and O–H groups in total. The molecule has 0 aromatic carbocycles. The van der Waals surface area contributed by atoms with Gasteiger partial charge in [0.25, 0.3) is 0 Å². The molecule has 0 aromatic rings. The lowest BCUT2D eigenvalue weighted by molar-refractivity contribution is -0.150. The molecule has 10 heavy (non-hydrogen) atoms. The molecule has 0 aromatic heterocycles. The summed E-state index contributed by atoms with van der Waals surface area (Å²) >= 11 is 0. The molecule has 0 aliphatic carbocycles. The first kappa shape index (κ1) is 9.43. The largest absolute Gasteiger partial charge is 0.466 e. The first-order valence-electron chi connectivity index (χ1n) is 3.44. The van der Waals surface area contributed by atoms with Gasteiger partial charge < -0.3 is 9.84 Å². The zero-order valence-electron chi connectivity index (χ0n) is 6.63. The Labute approximate surface area is 61.0 Å². The van der Waals surface area contributed by atoms with Gasteiger partial charge in [0.15, 0.2) is 0 Å². The standard InChI is InChI=1S/C7H14O3/c1-4-10-7(9)5(2)6(3)8/h5-6,8H,4H2,1-3H3/t5-,6?/m1/s1. The molecule has 0 rings (SSSR count). The van der Waals surface area contributed by atoms with Gasteiger partial charge in [0.05, 0.1) is 18.6 Å². The monoisotopic (exact) mass is 146 g/mol. The second kappa shape index (κ2) is 4.28. The van der Waals surface area contributed by atoms with Crippen LogP contribution in [0.3, 0.4) is 0 Å². The summed E-state index contributed by atoms with van der Waals surface area (Å²) in [6, 6.07) is 0. The van der Waals surface area contributed by atoms with E-state index in [2.05, 4.69) is 4.74 Å².